The Hall–Kier alpha value is -7.90. The molecule has 8 rings (SSSR count). The number of nitrogens with one attached hydrogen (secondary N) is 6. The maximum absolute atomic E-state index is 12.8. The summed E-state index contributed by atoms with van der Waals surface area (Å²) in [4.78, 5) is 96.8. The van der Waals surface area contributed by atoms with E-state index in [1.54, 1.807) is 36.4 Å². The number of ether oxygens (including phenoxy) is 2. The lowest BCUT2D eigenvalue weighted by molar-refractivity contribution is 0.0943. The number of carbonyl (C=O) groups excluding carboxylic acids is 4. The largest absolute Gasteiger partial charge is 0.467 e. The van der Waals surface area contributed by atoms with Gasteiger partial charge in [0.2, 0.25) is 0 Å². The van der Waals surface area contributed by atoms with Gasteiger partial charge in [-0.15, -0.1) is 0 Å². The van der Waals surface area contributed by atoms with Gasteiger partial charge in [0, 0.05) is 57.4 Å². The molecule has 0 aliphatic heterocycles. The van der Waals surface area contributed by atoms with Crippen LogP contribution in [0.2, 0.25) is 20.1 Å². The van der Waals surface area contributed by atoms with E-state index in [4.69, 9.17) is 55.9 Å². The summed E-state index contributed by atoms with van der Waals surface area (Å²) in [6, 6.07) is 26.0. The van der Waals surface area contributed by atoms with Gasteiger partial charge < -0.3 is 40.7 Å². The van der Waals surface area contributed by atoms with E-state index < -0.39 is 22.9 Å². The number of anilines is 2. The number of hydrogen-bond acceptors (Lipinski definition) is 12. The van der Waals surface area contributed by atoms with E-state index in [1.165, 1.54) is 75.1 Å². The first-order valence-corrected chi connectivity index (χ1v) is 21.3. The molecule has 0 saturated carbocycles. The van der Waals surface area contributed by atoms with Crippen molar-refractivity contribution < 1.29 is 28.7 Å². The maximum Gasteiger partial charge on any atom is 0.318 e. The zero-order chi connectivity index (χ0) is 48.5. The average molecular weight is 997 g/mol. The summed E-state index contributed by atoms with van der Waals surface area (Å²) in [5.41, 5.74) is 1.36. The van der Waals surface area contributed by atoms with Gasteiger partial charge in [-0.1, -0.05) is 70.7 Å². The number of aromatic amines is 2. The van der Waals surface area contributed by atoms with Crippen molar-refractivity contribution >= 4 is 103 Å². The highest BCUT2D eigenvalue weighted by atomic mass is 35.5. The highest BCUT2D eigenvalue weighted by molar-refractivity contribution is 6.34. The van der Waals surface area contributed by atoms with E-state index in [2.05, 4.69) is 51.2 Å². The topological polar surface area (TPSA) is 252 Å². The molecule has 0 atom stereocenters. The molecule has 4 aromatic carbocycles. The van der Waals surface area contributed by atoms with Crippen molar-refractivity contribution in [2.24, 2.45) is 0 Å². The highest BCUT2D eigenvalue weighted by Crippen LogP contribution is 2.26. The fourth-order valence-corrected chi connectivity index (χ4v) is 7.01. The number of benzene rings is 4. The van der Waals surface area contributed by atoms with Crippen LogP contribution in [0.1, 0.15) is 52.6 Å². The first kappa shape index (κ1) is 48.0. The maximum atomic E-state index is 12.8. The Labute approximate surface area is 404 Å². The summed E-state index contributed by atoms with van der Waals surface area (Å²) >= 11 is 24.4. The standard InChI is InChI=1S/2C23H17Cl2N5O4/c2*1-34-23-27-11-14-8-16(22(33)29-19(14)30-23)21(32)28-18-9-13(5-6-17(18)25)20(31)26-10-12-3-2-4-15(24)7-12/h2*2-9,11H,10H2,1H3,(H,26,31)(H,28,32)(H,27,29,30,33). The number of hydrogen-bond donors (Lipinski definition) is 6. The predicted octanol–water partition coefficient (Wildman–Crippen LogP) is 7.63. The molecular formula is C46H34Cl4N10O8. The van der Waals surface area contributed by atoms with Crippen molar-refractivity contribution in [1.29, 1.82) is 0 Å². The number of methoxy groups -OCH3 is 2. The lowest BCUT2D eigenvalue weighted by Gasteiger charge is -2.11. The minimum absolute atomic E-state index is 0.0811. The number of carbonyl (C=O) groups is 4. The third-order valence-corrected chi connectivity index (χ3v) is 10.8. The molecule has 4 heterocycles. The van der Waals surface area contributed by atoms with Crippen LogP contribution < -0.4 is 41.9 Å². The van der Waals surface area contributed by atoms with Crippen LogP contribution in [0, 0.1) is 0 Å². The second kappa shape index (κ2) is 21.6. The van der Waals surface area contributed by atoms with Crippen LogP contribution in [-0.4, -0.2) is 67.8 Å². The van der Waals surface area contributed by atoms with Crippen LogP contribution >= 0.6 is 46.4 Å². The molecule has 18 nitrogen and oxygen atoms in total. The van der Waals surface area contributed by atoms with Crippen molar-refractivity contribution in [3.05, 3.63) is 184 Å². The Balaban J connectivity index is 0.000000201. The average Bonchev–Trinajstić information content (AvgIpc) is 3.33. The zero-order valence-electron chi connectivity index (χ0n) is 35.4. The Kier molecular flexibility index (Phi) is 15.3. The van der Waals surface area contributed by atoms with E-state index in [1.807, 2.05) is 12.1 Å². The van der Waals surface area contributed by atoms with Gasteiger partial charge in [0.1, 0.15) is 22.4 Å². The number of H-pyrrole nitrogens is 2. The van der Waals surface area contributed by atoms with Gasteiger partial charge in [-0.3, -0.25) is 28.8 Å². The highest BCUT2D eigenvalue weighted by Gasteiger charge is 2.19. The lowest BCUT2D eigenvalue weighted by atomic mass is 10.1. The van der Waals surface area contributed by atoms with Crippen LogP contribution in [0.15, 0.2) is 119 Å². The second-order valence-electron chi connectivity index (χ2n) is 14.3. The minimum atomic E-state index is -0.711. The number of nitrogens with zero attached hydrogens (tertiary/aromatic N) is 4. The third kappa shape index (κ3) is 11.9. The van der Waals surface area contributed by atoms with E-state index in [9.17, 15) is 28.8 Å². The number of rotatable bonds is 12. The van der Waals surface area contributed by atoms with E-state index in [0.29, 0.717) is 20.8 Å². The van der Waals surface area contributed by atoms with Crippen molar-refractivity contribution in [3.8, 4) is 12.0 Å². The van der Waals surface area contributed by atoms with Crippen molar-refractivity contribution in [3.63, 3.8) is 0 Å². The van der Waals surface area contributed by atoms with Crippen LogP contribution in [0.4, 0.5) is 11.4 Å². The molecule has 0 aliphatic carbocycles. The molecule has 0 radical (unpaired) electrons. The number of aromatic nitrogens is 6. The molecule has 344 valence electrons. The Bertz CT molecular complexity index is 3170. The van der Waals surface area contributed by atoms with Gasteiger partial charge >= 0.3 is 12.0 Å². The molecule has 22 heteroatoms. The minimum Gasteiger partial charge on any atom is -0.467 e. The Morgan fingerprint density at radius 2 is 0.956 bits per heavy atom. The monoisotopic (exact) mass is 994 g/mol. The molecule has 0 bridgehead atoms. The normalized spacial score (nSPS) is 10.7. The molecule has 8 aromatic rings. The Morgan fingerprint density at radius 1 is 0.544 bits per heavy atom. The zero-order valence-corrected chi connectivity index (χ0v) is 38.4. The van der Waals surface area contributed by atoms with Gasteiger partial charge in [0.25, 0.3) is 34.7 Å². The van der Waals surface area contributed by atoms with Crippen molar-refractivity contribution in [2.45, 2.75) is 13.1 Å². The number of halogens is 4. The molecule has 4 amide bonds. The van der Waals surface area contributed by atoms with Gasteiger partial charge in [-0.05, 0) is 83.9 Å². The molecule has 0 unspecified atom stereocenters. The molecule has 0 aliphatic rings. The van der Waals surface area contributed by atoms with Gasteiger partial charge in [-0.25, -0.2) is 9.97 Å². The van der Waals surface area contributed by atoms with Crippen LogP contribution in [0.5, 0.6) is 12.0 Å². The van der Waals surface area contributed by atoms with Crippen LogP contribution in [0.25, 0.3) is 22.1 Å². The molecule has 0 spiro atoms. The molecule has 68 heavy (non-hydrogen) atoms. The molecule has 0 fully saturated rings. The molecule has 0 saturated heterocycles. The Morgan fingerprint density at radius 3 is 1.34 bits per heavy atom. The molecule has 4 aromatic heterocycles. The first-order chi connectivity index (χ1) is 32.7. The number of amides is 4. The van der Waals surface area contributed by atoms with Crippen LogP contribution in [0.3, 0.4) is 0 Å². The number of fused-ring (bicyclic) bond motifs is 2. The lowest BCUT2D eigenvalue weighted by Crippen LogP contribution is -2.24. The molecular weight excluding hydrogens is 962 g/mol. The van der Waals surface area contributed by atoms with Gasteiger partial charge in [-0.2, -0.15) is 9.97 Å². The van der Waals surface area contributed by atoms with Crippen LogP contribution in [-0.2, 0) is 13.1 Å². The van der Waals surface area contributed by atoms with Gasteiger partial charge in [0.05, 0.1) is 35.6 Å². The van der Waals surface area contributed by atoms with Crippen molar-refractivity contribution in [1.82, 2.24) is 40.5 Å². The SMILES string of the molecule is COc1ncc2cc(C(=O)Nc3cc(C(=O)NCc4cccc(Cl)c4)ccc3Cl)c(=O)[nH]c2n1.COc1ncc2cc(C(=O)Nc3cc(C(=O)NCc4cccc(Cl)c4)ccc3Cl)c(=O)[nH]c2n1. The van der Waals surface area contributed by atoms with Crippen molar-refractivity contribution in [2.75, 3.05) is 24.9 Å². The summed E-state index contributed by atoms with van der Waals surface area (Å²) < 4.78 is 9.87. The van der Waals surface area contributed by atoms with E-state index >= 15 is 0 Å². The van der Waals surface area contributed by atoms with E-state index in [-0.39, 0.29) is 91.9 Å². The summed E-state index contributed by atoms with van der Waals surface area (Å²) in [5.74, 6) is -2.17. The van der Waals surface area contributed by atoms with Gasteiger partial charge in [0.15, 0.2) is 0 Å². The predicted molar refractivity (Wildman–Crippen MR) is 257 cm³/mol. The second-order valence-corrected chi connectivity index (χ2v) is 16.0. The number of pyridine rings is 2. The summed E-state index contributed by atoms with van der Waals surface area (Å²) in [6.45, 7) is 0.534. The molecule has 6 N–H and O–H groups in total. The first-order valence-electron chi connectivity index (χ1n) is 19.8. The summed E-state index contributed by atoms with van der Waals surface area (Å²) in [7, 11) is 2.80. The smallest absolute Gasteiger partial charge is 0.318 e. The van der Waals surface area contributed by atoms with E-state index in [0.717, 1.165) is 11.1 Å². The summed E-state index contributed by atoms with van der Waals surface area (Å²) in [6.07, 6.45) is 2.84. The fourth-order valence-electron chi connectivity index (χ4n) is 6.25. The third-order valence-electron chi connectivity index (χ3n) is 9.63. The summed E-state index contributed by atoms with van der Waals surface area (Å²) in [5, 5.41) is 13.1. The fraction of sp³-hybridized carbons (Fsp3) is 0.0870. The quantitative estimate of drug-likeness (QED) is 0.0691.